The first kappa shape index (κ1) is 13.8. The van der Waals surface area contributed by atoms with E-state index in [1.165, 1.54) is 0 Å². The van der Waals surface area contributed by atoms with Crippen molar-refractivity contribution in [3.63, 3.8) is 0 Å². The lowest BCUT2D eigenvalue weighted by Gasteiger charge is -2.08. The summed E-state index contributed by atoms with van der Waals surface area (Å²) in [5, 5.41) is 8.27. The van der Waals surface area contributed by atoms with Crippen LogP contribution in [0.1, 0.15) is 18.3 Å². The molecule has 0 spiro atoms. The summed E-state index contributed by atoms with van der Waals surface area (Å²) in [6.45, 7) is 4.21. The van der Waals surface area contributed by atoms with Crippen molar-refractivity contribution in [1.82, 2.24) is 20.1 Å². The molecule has 19 heavy (non-hydrogen) atoms. The van der Waals surface area contributed by atoms with Gasteiger partial charge in [0.15, 0.2) is 5.82 Å². The maximum atomic E-state index is 6.00. The number of rotatable bonds is 6. The zero-order valence-corrected chi connectivity index (χ0v) is 11.8. The molecule has 1 heterocycles. The van der Waals surface area contributed by atoms with Gasteiger partial charge < -0.3 is 10.1 Å². The van der Waals surface area contributed by atoms with Gasteiger partial charge in [0.25, 0.3) is 0 Å². The van der Waals surface area contributed by atoms with Crippen LogP contribution in [-0.4, -0.2) is 28.4 Å². The summed E-state index contributed by atoms with van der Waals surface area (Å²) in [5.41, 5.74) is 0.981. The highest BCUT2D eigenvalue weighted by atomic mass is 35.5. The summed E-state index contributed by atoms with van der Waals surface area (Å²) in [4.78, 5) is 4.24. The number of aromatic nitrogens is 3. The van der Waals surface area contributed by atoms with Gasteiger partial charge in [0, 0.05) is 10.6 Å². The Morgan fingerprint density at radius 2 is 2.26 bits per heavy atom. The molecule has 0 amide bonds. The van der Waals surface area contributed by atoms with E-state index < -0.39 is 0 Å². The number of hydrogen-bond donors (Lipinski definition) is 1. The highest BCUT2D eigenvalue weighted by molar-refractivity contribution is 6.30. The number of benzene rings is 1. The molecule has 0 bridgehead atoms. The summed E-state index contributed by atoms with van der Waals surface area (Å²) in [6, 6.07) is 5.54. The fourth-order valence-corrected chi connectivity index (χ4v) is 1.97. The minimum atomic E-state index is 0.586. The van der Waals surface area contributed by atoms with Gasteiger partial charge in [-0.05, 0) is 24.7 Å². The number of nitrogens with one attached hydrogen (secondary N) is 1. The minimum Gasteiger partial charge on any atom is -0.496 e. The Hall–Kier alpha value is -1.59. The van der Waals surface area contributed by atoms with Crippen molar-refractivity contribution in [3.8, 4) is 5.75 Å². The highest BCUT2D eigenvalue weighted by Gasteiger charge is 2.06. The summed E-state index contributed by atoms with van der Waals surface area (Å²) < 4.78 is 7.09. The van der Waals surface area contributed by atoms with E-state index in [2.05, 4.69) is 15.4 Å². The van der Waals surface area contributed by atoms with Crippen LogP contribution in [0.25, 0.3) is 0 Å². The monoisotopic (exact) mass is 280 g/mol. The van der Waals surface area contributed by atoms with Crippen molar-refractivity contribution in [2.75, 3.05) is 13.7 Å². The Morgan fingerprint density at radius 3 is 3.00 bits per heavy atom. The molecule has 102 valence electrons. The molecule has 0 unspecified atom stereocenters. The van der Waals surface area contributed by atoms with E-state index in [0.717, 1.165) is 23.7 Å². The van der Waals surface area contributed by atoms with Crippen LogP contribution in [0.2, 0.25) is 5.02 Å². The quantitative estimate of drug-likeness (QED) is 0.880. The van der Waals surface area contributed by atoms with Gasteiger partial charge in [-0.25, -0.2) is 9.67 Å². The minimum absolute atomic E-state index is 0.586. The summed E-state index contributed by atoms with van der Waals surface area (Å²) >= 11 is 6.00. The molecule has 0 saturated carbocycles. The fourth-order valence-electron chi connectivity index (χ4n) is 1.77. The Labute approximate surface area is 117 Å². The van der Waals surface area contributed by atoms with E-state index in [0.29, 0.717) is 18.1 Å². The Morgan fingerprint density at radius 1 is 1.42 bits per heavy atom. The molecule has 0 atom stereocenters. The molecule has 0 fully saturated rings. The number of hydrogen-bond acceptors (Lipinski definition) is 4. The molecule has 1 aromatic carbocycles. The summed E-state index contributed by atoms with van der Waals surface area (Å²) in [6.07, 6.45) is 1.72. The molecule has 1 N–H and O–H groups in total. The van der Waals surface area contributed by atoms with Crippen LogP contribution >= 0.6 is 11.6 Å². The maximum Gasteiger partial charge on any atom is 0.164 e. The maximum absolute atomic E-state index is 6.00. The molecular formula is C13H17ClN4O. The molecular weight excluding hydrogens is 264 g/mol. The number of nitrogens with zero attached hydrogens (tertiary/aromatic N) is 3. The molecule has 2 aromatic rings. The van der Waals surface area contributed by atoms with E-state index in [-0.39, 0.29) is 0 Å². The van der Waals surface area contributed by atoms with Crippen molar-refractivity contribution < 1.29 is 4.74 Å². The standard InChI is InChI=1S/C13H17ClN4O/c1-3-15-7-13-16-9-18(17-13)8-10-6-11(14)4-5-12(10)19-2/h4-6,9,15H,3,7-8H2,1-2H3. The predicted octanol–water partition coefficient (Wildman–Crippen LogP) is 2.10. The molecule has 2 rings (SSSR count). The average Bonchev–Trinajstić information content (AvgIpc) is 2.84. The van der Waals surface area contributed by atoms with E-state index in [1.54, 1.807) is 18.1 Å². The molecule has 5 nitrogen and oxygen atoms in total. The largest absolute Gasteiger partial charge is 0.496 e. The van der Waals surface area contributed by atoms with Crippen LogP contribution in [0.5, 0.6) is 5.75 Å². The molecule has 0 radical (unpaired) electrons. The van der Waals surface area contributed by atoms with Crippen molar-refractivity contribution in [1.29, 1.82) is 0 Å². The zero-order chi connectivity index (χ0) is 13.7. The van der Waals surface area contributed by atoms with Crippen molar-refractivity contribution in [2.45, 2.75) is 20.0 Å². The second-order valence-electron chi connectivity index (χ2n) is 4.09. The third-order valence-electron chi connectivity index (χ3n) is 2.69. The van der Waals surface area contributed by atoms with Gasteiger partial charge in [-0.3, -0.25) is 0 Å². The Bertz CT molecular complexity index is 541. The fraction of sp³-hybridized carbons (Fsp3) is 0.385. The molecule has 0 aliphatic carbocycles. The van der Waals surface area contributed by atoms with Gasteiger partial charge in [0.05, 0.1) is 20.2 Å². The Kier molecular flexibility index (Phi) is 4.76. The van der Waals surface area contributed by atoms with E-state index in [4.69, 9.17) is 16.3 Å². The van der Waals surface area contributed by atoms with Crippen molar-refractivity contribution >= 4 is 11.6 Å². The van der Waals surface area contributed by atoms with Gasteiger partial charge in [0.1, 0.15) is 12.1 Å². The lowest BCUT2D eigenvalue weighted by Crippen LogP contribution is -2.13. The lowest BCUT2D eigenvalue weighted by molar-refractivity contribution is 0.407. The molecule has 1 aromatic heterocycles. The van der Waals surface area contributed by atoms with Gasteiger partial charge in [-0.15, -0.1) is 0 Å². The number of ether oxygens (including phenoxy) is 1. The molecule has 0 saturated heterocycles. The summed E-state index contributed by atoms with van der Waals surface area (Å²) in [7, 11) is 1.64. The third kappa shape index (κ3) is 3.68. The second kappa shape index (κ2) is 6.54. The molecule has 0 aliphatic rings. The second-order valence-corrected chi connectivity index (χ2v) is 4.53. The van der Waals surface area contributed by atoms with E-state index in [9.17, 15) is 0 Å². The normalized spacial score (nSPS) is 10.7. The van der Waals surface area contributed by atoms with Crippen LogP contribution < -0.4 is 10.1 Å². The van der Waals surface area contributed by atoms with Crippen molar-refractivity contribution in [2.24, 2.45) is 0 Å². The van der Waals surface area contributed by atoms with Gasteiger partial charge in [-0.2, -0.15) is 5.10 Å². The van der Waals surface area contributed by atoms with Crippen LogP contribution in [0.15, 0.2) is 24.5 Å². The predicted molar refractivity (Wildman–Crippen MR) is 74.5 cm³/mol. The topological polar surface area (TPSA) is 52.0 Å². The van der Waals surface area contributed by atoms with Crippen LogP contribution in [0, 0.1) is 0 Å². The number of halogens is 1. The Balaban J connectivity index is 2.12. The van der Waals surface area contributed by atoms with Gasteiger partial charge in [0.2, 0.25) is 0 Å². The summed E-state index contributed by atoms with van der Waals surface area (Å²) in [5.74, 6) is 1.58. The van der Waals surface area contributed by atoms with E-state index >= 15 is 0 Å². The molecule has 6 heteroatoms. The first-order valence-corrected chi connectivity index (χ1v) is 6.52. The molecule has 0 aliphatic heterocycles. The third-order valence-corrected chi connectivity index (χ3v) is 2.93. The lowest BCUT2D eigenvalue weighted by atomic mass is 10.2. The first-order valence-electron chi connectivity index (χ1n) is 6.14. The van der Waals surface area contributed by atoms with Crippen molar-refractivity contribution in [3.05, 3.63) is 40.9 Å². The zero-order valence-electron chi connectivity index (χ0n) is 11.1. The highest BCUT2D eigenvalue weighted by Crippen LogP contribution is 2.23. The smallest absolute Gasteiger partial charge is 0.164 e. The average molecular weight is 281 g/mol. The van der Waals surface area contributed by atoms with E-state index in [1.807, 2.05) is 25.1 Å². The number of methoxy groups -OCH3 is 1. The van der Waals surface area contributed by atoms with Crippen LogP contribution in [0.3, 0.4) is 0 Å². The van der Waals surface area contributed by atoms with Crippen LogP contribution in [-0.2, 0) is 13.1 Å². The van der Waals surface area contributed by atoms with Gasteiger partial charge in [-0.1, -0.05) is 18.5 Å². The first-order chi connectivity index (χ1) is 9.22. The van der Waals surface area contributed by atoms with Crippen LogP contribution in [0.4, 0.5) is 0 Å². The van der Waals surface area contributed by atoms with Gasteiger partial charge >= 0.3 is 0 Å². The SMILES string of the molecule is CCNCc1ncn(Cc2cc(Cl)ccc2OC)n1.